The average molecular weight is 297 g/mol. The van der Waals surface area contributed by atoms with Crippen LogP contribution in [-0.4, -0.2) is 12.2 Å². The van der Waals surface area contributed by atoms with E-state index in [1.54, 1.807) is 19.1 Å². The van der Waals surface area contributed by atoms with E-state index in [-0.39, 0.29) is 11.4 Å². The van der Waals surface area contributed by atoms with Gasteiger partial charge in [-0.1, -0.05) is 0 Å². The van der Waals surface area contributed by atoms with Crippen molar-refractivity contribution in [1.29, 1.82) is 0 Å². The lowest BCUT2D eigenvalue weighted by Crippen LogP contribution is -2.09. The van der Waals surface area contributed by atoms with Crippen LogP contribution in [0.5, 0.6) is 11.5 Å². The van der Waals surface area contributed by atoms with E-state index in [1.165, 1.54) is 13.2 Å². The van der Waals surface area contributed by atoms with Gasteiger partial charge in [0, 0.05) is 17.7 Å². The van der Waals surface area contributed by atoms with Gasteiger partial charge in [-0.25, -0.2) is 13.2 Å². The molecular weight excluding hydrogens is 283 g/mol. The Morgan fingerprint density at radius 1 is 1.14 bits per heavy atom. The van der Waals surface area contributed by atoms with E-state index in [2.05, 4.69) is 5.32 Å². The summed E-state index contributed by atoms with van der Waals surface area (Å²) in [7, 11) is 1.47. The van der Waals surface area contributed by atoms with Gasteiger partial charge >= 0.3 is 0 Å². The fourth-order valence-electron chi connectivity index (χ4n) is 1.98. The Morgan fingerprint density at radius 3 is 2.52 bits per heavy atom. The summed E-state index contributed by atoms with van der Waals surface area (Å²) < 4.78 is 45.0. The molecule has 112 valence electrons. The Bertz CT molecular complexity index is 662. The fraction of sp³-hybridized carbons (Fsp3) is 0.200. The molecule has 1 unspecified atom stereocenters. The van der Waals surface area contributed by atoms with Crippen LogP contribution in [-0.2, 0) is 0 Å². The molecule has 0 fully saturated rings. The molecule has 0 aromatic heterocycles. The van der Waals surface area contributed by atoms with Crippen LogP contribution in [0.25, 0.3) is 0 Å². The van der Waals surface area contributed by atoms with Crippen molar-refractivity contribution in [2.75, 3.05) is 12.4 Å². The maximum atomic E-state index is 13.6. The number of anilines is 1. The topological polar surface area (TPSA) is 41.5 Å². The van der Waals surface area contributed by atoms with Crippen LogP contribution in [0.4, 0.5) is 18.9 Å². The molecule has 0 heterocycles. The summed E-state index contributed by atoms with van der Waals surface area (Å²) in [6.07, 6.45) is 0. The molecule has 2 aromatic carbocycles. The Kier molecular flexibility index (Phi) is 4.26. The molecule has 0 spiro atoms. The summed E-state index contributed by atoms with van der Waals surface area (Å²) in [5.74, 6) is -2.88. The third-order valence-electron chi connectivity index (χ3n) is 3.07. The highest BCUT2D eigenvalue weighted by Crippen LogP contribution is 2.31. The lowest BCUT2D eigenvalue weighted by molar-refractivity contribution is 0.410. The van der Waals surface area contributed by atoms with Crippen LogP contribution in [0.15, 0.2) is 30.3 Å². The molecule has 2 N–H and O–H groups in total. The molecule has 0 bridgehead atoms. The van der Waals surface area contributed by atoms with E-state index in [1.807, 2.05) is 0 Å². The first-order chi connectivity index (χ1) is 9.92. The van der Waals surface area contributed by atoms with Gasteiger partial charge in [0.1, 0.15) is 17.3 Å². The van der Waals surface area contributed by atoms with Crippen LogP contribution in [0.1, 0.15) is 18.5 Å². The molecule has 2 rings (SSSR count). The van der Waals surface area contributed by atoms with Gasteiger partial charge in [0.2, 0.25) is 0 Å². The Hall–Kier alpha value is -2.37. The number of phenolic OH excluding ortho intramolecular Hbond substituents is 1. The lowest BCUT2D eigenvalue weighted by atomic mass is 10.1. The predicted octanol–water partition coefficient (Wildman–Crippen LogP) is 3.99. The highest BCUT2D eigenvalue weighted by molar-refractivity contribution is 5.50. The van der Waals surface area contributed by atoms with E-state index in [9.17, 15) is 18.3 Å². The summed E-state index contributed by atoms with van der Waals surface area (Å²) in [5, 5.41) is 12.4. The van der Waals surface area contributed by atoms with Gasteiger partial charge in [-0.05, 0) is 25.1 Å². The van der Waals surface area contributed by atoms with Gasteiger partial charge in [0.25, 0.3) is 0 Å². The van der Waals surface area contributed by atoms with E-state index >= 15 is 0 Å². The van der Waals surface area contributed by atoms with Crippen LogP contribution in [0.2, 0.25) is 0 Å². The highest BCUT2D eigenvalue weighted by atomic mass is 19.2. The van der Waals surface area contributed by atoms with Gasteiger partial charge in [-0.3, -0.25) is 0 Å². The van der Waals surface area contributed by atoms with Crippen molar-refractivity contribution in [3.8, 4) is 11.5 Å². The standard InChI is InChI=1S/C15H14F3NO2/c1-8(11-7-10(21-2)3-4-14(11)20)19-13-6-9(16)5-12(17)15(13)18/h3-8,19-20H,1-2H3. The zero-order valence-electron chi connectivity index (χ0n) is 11.5. The Morgan fingerprint density at radius 2 is 1.86 bits per heavy atom. The van der Waals surface area contributed by atoms with Crippen LogP contribution in [0, 0.1) is 17.5 Å². The molecule has 6 heteroatoms. The summed E-state index contributed by atoms with van der Waals surface area (Å²) in [5.41, 5.74) is 0.0978. The molecule has 0 aliphatic heterocycles. The summed E-state index contributed by atoms with van der Waals surface area (Å²) in [4.78, 5) is 0. The van der Waals surface area contributed by atoms with Gasteiger partial charge in [0.15, 0.2) is 11.6 Å². The van der Waals surface area contributed by atoms with Gasteiger partial charge in [-0.15, -0.1) is 0 Å². The predicted molar refractivity (Wildman–Crippen MR) is 73.0 cm³/mol. The maximum absolute atomic E-state index is 13.6. The number of benzene rings is 2. The molecule has 0 aliphatic carbocycles. The number of methoxy groups -OCH3 is 1. The Balaban J connectivity index is 2.32. The third kappa shape index (κ3) is 3.21. The van der Waals surface area contributed by atoms with Crippen molar-refractivity contribution in [2.45, 2.75) is 13.0 Å². The number of hydrogen-bond donors (Lipinski definition) is 2. The third-order valence-corrected chi connectivity index (χ3v) is 3.07. The SMILES string of the molecule is COc1ccc(O)c(C(C)Nc2cc(F)cc(F)c2F)c1. The largest absolute Gasteiger partial charge is 0.508 e. The second-order valence-corrected chi connectivity index (χ2v) is 4.54. The molecule has 2 aromatic rings. The highest BCUT2D eigenvalue weighted by Gasteiger charge is 2.16. The normalized spacial score (nSPS) is 12.0. The first-order valence-corrected chi connectivity index (χ1v) is 6.20. The maximum Gasteiger partial charge on any atom is 0.182 e. The van der Waals surface area contributed by atoms with Gasteiger partial charge in [0.05, 0.1) is 18.8 Å². The first kappa shape index (κ1) is 15.0. The van der Waals surface area contributed by atoms with E-state index < -0.39 is 23.5 Å². The van der Waals surface area contributed by atoms with E-state index in [0.717, 1.165) is 6.07 Å². The molecule has 1 atom stereocenters. The fourth-order valence-corrected chi connectivity index (χ4v) is 1.98. The minimum absolute atomic E-state index is 0.0342. The van der Waals surface area contributed by atoms with Crippen molar-refractivity contribution >= 4 is 5.69 Å². The number of phenols is 1. The van der Waals surface area contributed by atoms with Crippen LogP contribution >= 0.6 is 0 Å². The Labute approximate surface area is 120 Å². The van der Waals surface area contributed by atoms with Crippen LogP contribution in [0.3, 0.4) is 0 Å². The number of rotatable bonds is 4. The molecule has 0 amide bonds. The second kappa shape index (κ2) is 5.95. The lowest BCUT2D eigenvalue weighted by Gasteiger charge is -2.18. The first-order valence-electron chi connectivity index (χ1n) is 6.20. The number of halogens is 3. The zero-order valence-corrected chi connectivity index (χ0v) is 11.5. The molecule has 0 saturated carbocycles. The van der Waals surface area contributed by atoms with E-state index in [0.29, 0.717) is 17.4 Å². The smallest absolute Gasteiger partial charge is 0.182 e. The second-order valence-electron chi connectivity index (χ2n) is 4.54. The van der Waals surface area contributed by atoms with Crippen molar-refractivity contribution in [3.05, 3.63) is 53.3 Å². The summed E-state index contributed by atoms with van der Waals surface area (Å²) >= 11 is 0. The van der Waals surface area contributed by atoms with E-state index in [4.69, 9.17) is 4.74 Å². The van der Waals surface area contributed by atoms with Crippen molar-refractivity contribution in [3.63, 3.8) is 0 Å². The van der Waals surface area contributed by atoms with Crippen molar-refractivity contribution < 1.29 is 23.0 Å². The number of ether oxygens (including phenoxy) is 1. The molecule has 21 heavy (non-hydrogen) atoms. The minimum Gasteiger partial charge on any atom is -0.508 e. The van der Waals surface area contributed by atoms with Crippen LogP contribution < -0.4 is 10.1 Å². The molecule has 3 nitrogen and oxygen atoms in total. The summed E-state index contributed by atoms with van der Waals surface area (Å²) in [6, 6.07) is 5.28. The zero-order chi connectivity index (χ0) is 15.6. The van der Waals surface area contributed by atoms with Crippen molar-refractivity contribution in [2.24, 2.45) is 0 Å². The monoisotopic (exact) mass is 297 g/mol. The van der Waals surface area contributed by atoms with Gasteiger partial charge in [-0.2, -0.15) is 0 Å². The van der Waals surface area contributed by atoms with Crippen molar-refractivity contribution in [1.82, 2.24) is 0 Å². The van der Waals surface area contributed by atoms with Gasteiger partial charge < -0.3 is 15.2 Å². The summed E-state index contributed by atoms with van der Waals surface area (Å²) in [6.45, 7) is 1.62. The quantitative estimate of drug-likeness (QED) is 0.838. The molecule has 0 aliphatic rings. The number of hydrogen-bond acceptors (Lipinski definition) is 3. The minimum atomic E-state index is -1.28. The average Bonchev–Trinajstić information content (AvgIpc) is 2.44. The molecule has 0 saturated heterocycles. The number of aromatic hydroxyl groups is 1. The number of nitrogens with one attached hydrogen (secondary N) is 1. The molecule has 0 radical (unpaired) electrons. The molecular formula is C15H14F3NO2.